The molecule has 0 spiro atoms. The zero-order valence-electron chi connectivity index (χ0n) is 13.9. The lowest BCUT2D eigenvalue weighted by Crippen LogP contribution is -2.27. The summed E-state index contributed by atoms with van der Waals surface area (Å²) < 4.78 is 6.95. The number of nitrogens with one attached hydrogen (secondary N) is 1. The molecule has 8 heteroatoms. The Morgan fingerprint density at radius 3 is 2.70 bits per heavy atom. The van der Waals surface area contributed by atoms with Crippen LogP contribution < -0.4 is 10.1 Å². The fourth-order valence-electron chi connectivity index (χ4n) is 1.87. The van der Waals surface area contributed by atoms with Crippen molar-refractivity contribution in [3.63, 3.8) is 0 Å². The van der Waals surface area contributed by atoms with Gasteiger partial charge in [0.2, 0.25) is 11.1 Å². The van der Waals surface area contributed by atoms with Crippen LogP contribution in [-0.2, 0) is 10.3 Å². The third kappa shape index (κ3) is 4.22. The van der Waals surface area contributed by atoms with Crippen LogP contribution in [0.1, 0.15) is 27.7 Å². The van der Waals surface area contributed by atoms with E-state index in [2.05, 4.69) is 20.8 Å². The average molecular weight is 335 g/mol. The van der Waals surface area contributed by atoms with E-state index in [-0.39, 0.29) is 16.7 Å². The second-order valence-electron chi connectivity index (χ2n) is 5.99. The van der Waals surface area contributed by atoms with Gasteiger partial charge in [-0.2, -0.15) is 0 Å². The van der Waals surface area contributed by atoms with Crippen LogP contribution in [0, 0.1) is 0 Å². The van der Waals surface area contributed by atoms with E-state index < -0.39 is 0 Å². The van der Waals surface area contributed by atoms with E-state index in [1.165, 1.54) is 11.8 Å². The number of anilines is 1. The maximum atomic E-state index is 12.4. The van der Waals surface area contributed by atoms with Gasteiger partial charge in [0.15, 0.2) is 0 Å². The van der Waals surface area contributed by atoms with E-state index in [1.54, 1.807) is 23.9 Å². The normalized spacial score (nSPS) is 12.7. The minimum atomic E-state index is -0.355. The maximum Gasteiger partial charge on any atom is 0.237 e. The van der Waals surface area contributed by atoms with Crippen LogP contribution in [0.2, 0.25) is 0 Å². The predicted molar refractivity (Wildman–Crippen MR) is 89.8 cm³/mol. The Balaban J connectivity index is 2.08. The van der Waals surface area contributed by atoms with Crippen LogP contribution in [0.3, 0.4) is 0 Å². The summed E-state index contributed by atoms with van der Waals surface area (Å²) in [7, 11) is 1.57. The molecule has 2 rings (SSSR count). The summed E-state index contributed by atoms with van der Waals surface area (Å²) in [4.78, 5) is 12.4. The van der Waals surface area contributed by atoms with Gasteiger partial charge in [0.25, 0.3) is 0 Å². The molecule has 124 valence electrons. The molecule has 1 aromatic heterocycles. The predicted octanol–water partition coefficient (Wildman–Crippen LogP) is 2.56. The van der Waals surface area contributed by atoms with E-state index in [0.717, 1.165) is 0 Å². The summed E-state index contributed by atoms with van der Waals surface area (Å²) in [5.74, 6) is 0.487. The second-order valence-corrected chi connectivity index (χ2v) is 7.30. The number of nitrogens with zero attached hydrogens (tertiary/aromatic N) is 4. The van der Waals surface area contributed by atoms with Crippen molar-refractivity contribution in [3.8, 4) is 5.75 Å². The minimum Gasteiger partial charge on any atom is -0.495 e. The molecule has 2 aromatic rings. The number of aromatic nitrogens is 4. The molecule has 0 radical (unpaired) electrons. The van der Waals surface area contributed by atoms with Gasteiger partial charge in [-0.05, 0) is 50.3 Å². The third-order valence-electron chi connectivity index (χ3n) is 3.09. The number of carbonyl (C=O) groups is 1. The first kappa shape index (κ1) is 17.3. The van der Waals surface area contributed by atoms with Crippen molar-refractivity contribution in [1.82, 2.24) is 20.2 Å². The number of methoxy groups -OCH3 is 1. The van der Waals surface area contributed by atoms with Crippen molar-refractivity contribution in [1.29, 1.82) is 0 Å². The van der Waals surface area contributed by atoms with Crippen LogP contribution >= 0.6 is 11.8 Å². The summed E-state index contributed by atoms with van der Waals surface area (Å²) in [5, 5.41) is 14.8. The second kappa shape index (κ2) is 6.99. The summed E-state index contributed by atoms with van der Waals surface area (Å²) in [6.45, 7) is 7.84. The van der Waals surface area contributed by atoms with Crippen LogP contribution in [0.5, 0.6) is 5.75 Å². The highest BCUT2D eigenvalue weighted by molar-refractivity contribution is 8.00. The standard InChI is InChI=1S/C15H21N5O2S/c1-10(23-14-17-18-19-20(14)15(2,3)4)13(21)16-11-8-6-7-9-12(11)22-5/h6-10H,1-5H3,(H,16,21)/t10-/m1/s1. The summed E-state index contributed by atoms with van der Waals surface area (Å²) >= 11 is 1.32. The van der Waals surface area contributed by atoms with Crippen molar-refractivity contribution < 1.29 is 9.53 Å². The van der Waals surface area contributed by atoms with Crippen molar-refractivity contribution >= 4 is 23.4 Å². The van der Waals surface area contributed by atoms with Crippen molar-refractivity contribution in [2.24, 2.45) is 0 Å². The first-order valence-electron chi connectivity index (χ1n) is 7.22. The molecule has 1 N–H and O–H groups in total. The Hall–Kier alpha value is -2.09. The molecule has 7 nitrogen and oxygen atoms in total. The third-order valence-corrected chi connectivity index (χ3v) is 4.13. The fourth-order valence-corrected chi connectivity index (χ4v) is 2.84. The number of benzene rings is 1. The van der Waals surface area contributed by atoms with Gasteiger partial charge in [-0.25, -0.2) is 4.68 Å². The van der Waals surface area contributed by atoms with Crippen LogP contribution in [0.4, 0.5) is 5.69 Å². The summed E-state index contributed by atoms with van der Waals surface area (Å²) in [6, 6.07) is 7.29. The molecular formula is C15H21N5O2S. The van der Waals surface area contributed by atoms with E-state index in [1.807, 2.05) is 39.8 Å². The first-order valence-corrected chi connectivity index (χ1v) is 8.10. The largest absolute Gasteiger partial charge is 0.495 e. The molecule has 0 fully saturated rings. The number of carbonyl (C=O) groups excluding carboxylic acids is 1. The summed E-state index contributed by atoms with van der Waals surface area (Å²) in [6.07, 6.45) is 0. The van der Waals surface area contributed by atoms with Gasteiger partial charge in [0.05, 0.1) is 23.6 Å². The maximum absolute atomic E-state index is 12.4. The lowest BCUT2D eigenvalue weighted by molar-refractivity contribution is -0.115. The highest BCUT2D eigenvalue weighted by Gasteiger charge is 2.24. The molecule has 0 saturated heterocycles. The topological polar surface area (TPSA) is 81.9 Å². The van der Waals surface area contributed by atoms with Crippen LogP contribution in [0.15, 0.2) is 29.4 Å². The molecule has 1 aromatic carbocycles. The van der Waals surface area contributed by atoms with Gasteiger partial charge >= 0.3 is 0 Å². The van der Waals surface area contributed by atoms with Crippen LogP contribution in [-0.4, -0.2) is 38.5 Å². The number of amides is 1. The molecule has 0 aliphatic carbocycles. The number of hydrogen-bond acceptors (Lipinski definition) is 6. The lowest BCUT2D eigenvalue weighted by Gasteiger charge is -2.20. The Kier molecular flexibility index (Phi) is 5.25. The average Bonchev–Trinajstić information content (AvgIpc) is 2.96. The number of para-hydroxylation sites is 2. The van der Waals surface area contributed by atoms with Crippen molar-refractivity contribution in [2.75, 3.05) is 12.4 Å². The van der Waals surface area contributed by atoms with Gasteiger partial charge in [-0.1, -0.05) is 23.9 Å². The Bertz CT molecular complexity index is 681. The Morgan fingerprint density at radius 2 is 2.04 bits per heavy atom. The van der Waals surface area contributed by atoms with E-state index >= 15 is 0 Å². The SMILES string of the molecule is COc1ccccc1NC(=O)[C@@H](C)Sc1nnnn1C(C)(C)C. The van der Waals surface area contributed by atoms with Gasteiger partial charge < -0.3 is 10.1 Å². The smallest absolute Gasteiger partial charge is 0.237 e. The zero-order valence-corrected chi connectivity index (χ0v) is 14.7. The molecule has 1 amide bonds. The molecule has 23 heavy (non-hydrogen) atoms. The first-order chi connectivity index (χ1) is 10.8. The van der Waals surface area contributed by atoms with Gasteiger partial charge in [-0.15, -0.1) is 5.10 Å². The summed E-state index contributed by atoms with van der Waals surface area (Å²) in [5.41, 5.74) is 0.396. The quantitative estimate of drug-likeness (QED) is 0.846. The number of thioether (sulfide) groups is 1. The Labute approximate surface area is 139 Å². The van der Waals surface area contributed by atoms with E-state index in [4.69, 9.17) is 4.74 Å². The number of hydrogen-bond donors (Lipinski definition) is 1. The zero-order chi connectivity index (χ0) is 17.0. The molecule has 0 saturated carbocycles. The molecule has 0 aliphatic heterocycles. The minimum absolute atomic E-state index is 0.136. The highest BCUT2D eigenvalue weighted by Crippen LogP contribution is 2.27. The molecule has 0 unspecified atom stereocenters. The molecule has 1 atom stereocenters. The fraction of sp³-hybridized carbons (Fsp3) is 0.467. The van der Waals surface area contributed by atoms with Crippen molar-refractivity contribution in [3.05, 3.63) is 24.3 Å². The van der Waals surface area contributed by atoms with Crippen LogP contribution in [0.25, 0.3) is 0 Å². The monoisotopic (exact) mass is 335 g/mol. The van der Waals surface area contributed by atoms with Gasteiger partial charge in [0, 0.05) is 0 Å². The van der Waals surface area contributed by atoms with E-state index in [0.29, 0.717) is 16.6 Å². The number of tetrazole rings is 1. The van der Waals surface area contributed by atoms with Crippen molar-refractivity contribution in [2.45, 2.75) is 43.6 Å². The lowest BCUT2D eigenvalue weighted by atomic mass is 10.1. The number of ether oxygens (including phenoxy) is 1. The molecular weight excluding hydrogens is 314 g/mol. The molecule has 0 bridgehead atoms. The van der Waals surface area contributed by atoms with Gasteiger partial charge in [0.1, 0.15) is 5.75 Å². The Morgan fingerprint density at radius 1 is 1.35 bits per heavy atom. The highest BCUT2D eigenvalue weighted by atomic mass is 32.2. The van der Waals surface area contributed by atoms with Gasteiger partial charge in [-0.3, -0.25) is 4.79 Å². The molecule has 0 aliphatic rings. The molecule has 1 heterocycles. The van der Waals surface area contributed by atoms with E-state index in [9.17, 15) is 4.79 Å². The number of rotatable bonds is 5.